The smallest absolute Gasteiger partial charge is 0.264 e. The maximum atomic E-state index is 12.6. The van der Waals surface area contributed by atoms with Crippen LogP contribution in [0.15, 0.2) is 41.3 Å². The molecule has 2 rings (SSSR count). The van der Waals surface area contributed by atoms with Crippen LogP contribution in [-0.4, -0.2) is 41.7 Å². The third-order valence-electron chi connectivity index (χ3n) is 4.78. The summed E-state index contributed by atoms with van der Waals surface area (Å²) in [5, 5.41) is 9.38. The second-order valence-electron chi connectivity index (χ2n) is 6.71. The summed E-state index contributed by atoms with van der Waals surface area (Å²) in [5.74, 6) is -0.469. The summed E-state index contributed by atoms with van der Waals surface area (Å²) < 4.78 is 29.1. The Hall–Kier alpha value is -2.36. The van der Waals surface area contributed by atoms with E-state index in [9.17, 15) is 18.0 Å². The standard InChI is InChI=1S/C19H23ClN2O6S/c1-4-28-16-6-5-14(20)12-15(16)13-7-9-22(17(23)11-13)10-8-19(2,18(24)21-25)29(3,26)27/h5-7,9,11-12,25H,4,8,10H2,1-3H3,(H,21,24). The van der Waals surface area contributed by atoms with Crippen molar-refractivity contribution in [2.24, 2.45) is 0 Å². The molecule has 2 aromatic rings. The van der Waals surface area contributed by atoms with E-state index in [0.717, 1.165) is 6.26 Å². The van der Waals surface area contributed by atoms with Gasteiger partial charge in [-0.05, 0) is 50.1 Å². The highest BCUT2D eigenvalue weighted by Gasteiger charge is 2.43. The summed E-state index contributed by atoms with van der Waals surface area (Å²) in [6.07, 6.45) is 2.22. The molecule has 0 saturated carbocycles. The van der Waals surface area contributed by atoms with E-state index >= 15 is 0 Å². The molecular formula is C19H23ClN2O6S. The molecule has 1 aromatic carbocycles. The second kappa shape index (κ2) is 8.98. The van der Waals surface area contributed by atoms with E-state index in [1.165, 1.54) is 29.2 Å². The Morgan fingerprint density at radius 2 is 2.00 bits per heavy atom. The molecule has 8 nitrogen and oxygen atoms in total. The Kier molecular flexibility index (Phi) is 7.10. The minimum absolute atomic E-state index is 0.0377. The Morgan fingerprint density at radius 1 is 1.31 bits per heavy atom. The molecule has 1 unspecified atom stereocenters. The summed E-state index contributed by atoms with van der Waals surface area (Å²) in [6, 6.07) is 8.17. The first-order chi connectivity index (χ1) is 13.5. The van der Waals surface area contributed by atoms with Crippen LogP contribution >= 0.6 is 11.6 Å². The van der Waals surface area contributed by atoms with Gasteiger partial charge < -0.3 is 9.30 Å². The summed E-state index contributed by atoms with van der Waals surface area (Å²) in [6.45, 7) is 3.46. The molecule has 1 aromatic heterocycles. The zero-order valence-electron chi connectivity index (χ0n) is 16.3. The van der Waals surface area contributed by atoms with Crippen LogP contribution in [0.1, 0.15) is 20.3 Å². The van der Waals surface area contributed by atoms with Gasteiger partial charge in [-0.15, -0.1) is 0 Å². The van der Waals surface area contributed by atoms with E-state index in [2.05, 4.69) is 0 Å². The Labute approximate surface area is 174 Å². The fraction of sp³-hybridized carbons (Fsp3) is 0.368. The third kappa shape index (κ3) is 4.98. The molecule has 0 saturated heterocycles. The van der Waals surface area contributed by atoms with E-state index in [1.807, 2.05) is 6.92 Å². The van der Waals surface area contributed by atoms with Crippen molar-refractivity contribution in [2.75, 3.05) is 12.9 Å². The molecule has 29 heavy (non-hydrogen) atoms. The van der Waals surface area contributed by atoms with Crippen LogP contribution in [0.5, 0.6) is 5.75 Å². The van der Waals surface area contributed by atoms with Gasteiger partial charge in [0.25, 0.3) is 11.5 Å². The molecule has 1 atom stereocenters. The number of hydrogen-bond acceptors (Lipinski definition) is 6. The van der Waals surface area contributed by atoms with E-state index in [0.29, 0.717) is 28.5 Å². The number of sulfone groups is 1. The lowest BCUT2D eigenvalue weighted by Crippen LogP contribution is -2.49. The van der Waals surface area contributed by atoms with Gasteiger partial charge in [0.05, 0.1) is 6.61 Å². The minimum Gasteiger partial charge on any atom is -0.493 e. The molecule has 158 valence electrons. The molecule has 0 bridgehead atoms. The molecule has 10 heteroatoms. The van der Waals surface area contributed by atoms with Crippen molar-refractivity contribution in [2.45, 2.75) is 31.6 Å². The first kappa shape index (κ1) is 22.9. The van der Waals surface area contributed by atoms with Crippen LogP contribution in [0.25, 0.3) is 11.1 Å². The molecule has 2 N–H and O–H groups in total. The normalized spacial score (nSPS) is 13.6. The predicted molar refractivity (Wildman–Crippen MR) is 110 cm³/mol. The summed E-state index contributed by atoms with van der Waals surface area (Å²) in [4.78, 5) is 24.5. The number of carbonyl (C=O) groups excluding carboxylic acids is 1. The topological polar surface area (TPSA) is 115 Å². The van der Waals surface area contributed by atoms with Gasteiger partial charge in [-0.25, -0.2) is 13.9 Å². The number of nitrogens with one attached hydrogen (secondary N) is 1. The van der Waals surface area contributed by atoms with E-state index < -0.39 is 20.5 Å². The number of hydrogen-bond donors (Lipinski definition) is 2. The van der Waals surface area contributed by atoms with Crippen LogP contribution in [0, 0.1) is 0 Å². The van der Waals surface area contributed by atoms with E-state index in [-0.39, 0.29) is 18.5 Å². The number of aromatic nitrogens is 1. The quantitative estimate of drug-likeness (QED) is 0.478. The van der Waals surface area contributed by atoms with Gasteiger partial charge >= 0.3 is 0 Å². The lowest BCUT2D eigenvalue weighted by molar-refractivity contribution is -0.131. The number of benzene rings is 1. The van der Waals surface area contributed by atoms with Gasteiger partial charge in [0.15, 0.2) is 14.6 Å². The number of pyridine rings is 1. The number of carbonyl (C=O) groups is 1. The predicted octanol–water partition coefficient (Wildman–Crippen LogP) is 2.27. The van der Waals surface area contributed by atoms with Gasteiger partial charge in [-0.2, -0.15) is 0 Å². The molecule has 0 aliphatic rings. The summed E-state index contributed by atoms with van der Waals surface area (Å²) >= 11 is 6.07. The summed E-state index contributed by atoms with van der Waals surface area (Å²) in [7, 11) is -3.85. The number of nitrogens with zero attached hydrogens (tertiary/aromatic N) is 1. The molecule has 0 fully saturated rings. The van der Waals surface area contributed by atoms with Crippen molar-refractivity contribution in [3.8, 4) is 16.9 Å². The zero-order valence-corrected chi connectivity index (χ0v) is 17.9. The second-order valence-corrected chi connectivity index (χ2v) is 9.60. The highest BCUT2D eigenvalue weighted by molar-refractivity contribution is 7.92. The van der Waals surface area contributed by atoms with E-state index in [1.54, 1.807) is 24.3 Å². The van der Waals surface area contributed by atoms with Crippen LogP contribution in [-0.2, 0) is 21.2 Å². The van der Waals surface area contributed by atoms with Gasteiger partial charge in [-0.3, -0.25) is 14.8 Å². The zero-order chi connectivity index (χ0) is 21.8. The molecule has 0 aliphatic heterocycles. The minimum atomic E-state index is -3.85. The highest BCUT2D eigenvalue weighted by atomic mass is 35.5. The largest absolute Gasteiger partial charge is 0.493 e. The van der Waals surface area contributed by atoms with E-state index in [4.69, 9.17) is 21.5 Å². The van der Waals surface area contributed by atoms with Crippen LogP contribution < -0.4 is 15.8 Å². The average molecular weight is 443 g/mol. The molecule has 1 amide bonds. The fourth-order valence-corrected chi connectivity index (χ4v) is 3.81. The van der Waals surface area contributed by atoms with Gasteiger partial charge in [0.2, 0.25) is 0 Å². The Morgan fingerprint density at radius 3 is 2.55 bits per heavy atom. The number of aryl methyl sites for hydroxylation is 1. The lowest BCUT2D eigenvalue weighted by Gasteiger charge is -2.25. The molecule has 0 radical (unpaired) electrons. The number of amides is 1. The van der Waals surface area contributed by atoms with Crippen molar-refractivity contribution >= 4 is 27.3 Å². The SMILES string of the molecule is CCOc1ccc(Cl)cc1-c1ccn(CCC(C)(C(=O)NO)S(C)(=O)=O)c(=O)c1. The molecular weight excluding hydrogens is 420 g/mol. The highest BCUT2D eigenvalue weighted by Crippen LogP contribution is 2.32. The number of rotatable bonds is 8. The van der Waals surface area contributed by atoms with Crippen LogP contribution in [0.4, 0.5) is 0 Å². The number of halogens is 1. The van der Waals surface area contributed by atoms with Crippen molar-refractivity contribution in [1.82, 2.24) is 10.0 Å². The number of ether oxygens (including phenoxy) is 1. The Bertz CT molecular complexity index is 1070. The average Bonchev–Trinajstić information content (AvgIpc) is 2.66. The van der Waals surface area contributed by atoms with Crippen molar-refractivity contribution in [3.05, 3.63) is 51.9 Å². The van der Waals surface area contributed by atoms with Crippen molar-refractivity contribution in [3.63, 3.8) is 0 Å². The van der Waals surface area contributed by atoms with Crippen LogP contribution in [0.3, 0.4) is 0 Å². The molecule has 0 aliphatic carbocycles. The summed E-state index contributed by atoms with van der Waals surface area (Å²) in [5.41, 5.74) is 2.25. The van der Waals surface area contributed by atoms with Crippen LogP contribution in [0.2, 0.25) is 5.02 Å². The first-order valence-electron chi connectivity index (χ1n) is 8.81. The fourth-order valence-electron chi connectivity index (χ4n) is 2.79. The van der Waals surface area contributed by atoms with Gasteiger partial charge in [0.1, 0.15) is 5.75 Å². The monoisotopic (exact) mass is 442 g/mol. The lowest BCUT2D eigenvalue weighted by atomic mass is 10.0. The molecule has 0 spiro atoms. The Balaban J connectivity index is 2.35. The maximum absolute atomic E-state index is 12.6. The van der Waals surface area contributed by atoms with Crippen molar-refractivity contribution < 1.29 is 23.2 Å². The number of hydroxylamine groups is 1. The van der Waals surface area contributed by atoms with Crippen molar-refractivity contribution in [1.29, 1.82) is 0 Å². The van der Waals surface area contributed by atoms with Gasteiger partial charge in [0, 0.05) is 35.6 Å². The van der Waals surface area contributed by atoms with Gasteiger partial charge in [-0.1, -0.05) is 11.6 Å². The molecule has 1 heterocycles. The maximum Gasteiger partial charge on any atom is 0.264 e. The first-order valence-corrected chi connectivity index (χ1v) is 11.1. The third-order valence-corrected chi connectivity index (χ3v) is 7.04.